The lowest BCUT2D eigenvalue weighted by Crippen LogP contribution is -2.45. The minimum Gasteiger partial charge on any atom is -0.487 e. The van der Waals surface area contributed by atoms with Crippen molar-refractivity contribution >= 4 is 23.1 Å². The Morgan fingerprint density at radius 3 is 2.71 bits per heavy atom. The molecule has 0 aliphatic carbocycles. The van der Waals surface area contributed by atoms with E-state index in [9.17, 15) is 4.79 Å². The molecule has 1 aromatic carbocycles. The van der Waals surface area contributed by atoms with Crippen molar-refractivity contribution in [1.82, 2.24) is 15.2 Å². The predicted octanol–water partition coefficient (Wildman–Crippen LogP) is 4.60. The zero-order chi connectivity index (χ0) is 20.4. The molecule has 0 radical (unpaired) electrons. The van der Waals surface area contributed by atoms with E-state index < -0.39 is 0 Å². The summed E-state index contributed by atoms with van der Waals surface area (Å²) in [5.41, 5.74) is 3.39. The topological polar surface area (TPSA) is 66.5 Å². The Bertz CT molecular complexity index is 702. The summed E-state index contributed by atoms with van der Waals surface area (Å²) in [6, 6.07) is 7.55. The summed E-state index contributed by atoms with van der Waals surface area (Å²) in [5.74, 6) is 1.29. The fourth-order valence-corrected chi connectivity index (χ4v) is 3.70. The highest BCUT2D eigenvalue weighted by Crippen LogP contribution is 2.19. The number of carbonyl (C=O) groups excluding carboxylic acids is 1. The van der Waals surface area contributed by atoms with Gasteiger partial charge in [-0.2, -0.15) is 0 Å². The number of urea groups is 1. The molecule has 2 amide bonds. The molecule has 1 unspecified atom stereocenters. The van der Waals surface area contributed by atoms with Crippen LogP contribution in [0.2, 0.25) is 0 Å². The van der Waals surface area contributed by atoms with Crippen molar-refractivity contribution in [1.29, 1.82) is 0 Å². The minimum atomic E-state index is -0.197. The lowest BCUT2D eigenvalue weighted by atomic mass is 10.0. The molecule has 1 heterocycles. The van der Waals surface area contributed by atoms with Crippen LogP contribution in [0.1, 0.15) is 39.8 Å². The number of ether oxygens (including phenoxy) is 1. The summed E-state index contributed by atoms with van der Waals surface area (Å²) in [4.78, 5) is 19.0. The van der Waals surface area contributed by atoms with E-state index in [1.807, 2.05) is 29.6 Å². The van der Waals surface area contributed by atoms with Crippen LogP contribution in [0.25, 0.3) is 0 Å². The zero-order valence-electron chi connectivity index (χ0n) is 17.3. The van der Waals surface area contributed by atoms with Crippen LogP contribution >= 0.6 is 11.3 Å². The van der Waals surface area contributed by atoms with Gasteiger partial charge in [-0.15, -0.1) is 11.3 Å². The van der Waals surface area contributed by atoms with E-state index in [1.54, 1.807) is 16.8 Å². The average molecular weight is 405 g/mol. The molecule has 2 rings (SSSR count). The predicted molar refractivity (Wildman–Crippen MR) is 116 cm³/mol. The number of aromatic nitrogens is 1. The van der Waals surface area contributed by atoms with E-state index >= 15 is 0 Å². The number of nitrogens with zero attached hydrogens (tertiary/aromatic N) is 2. The van der Waals surface area contributed by atoms with Crippen molar-refractivity contribution in [3.05, 3.63) is 40.8 Å². The second-order valence-corrected chi connectivity index (χ2v) is 7.85. The van der Waals surface area contributed by atoms with E-state index in [-0.39, 0.29) is 6.03 Å². The fraction of sp³-hybridized carbons (Fsp3) is 0.524. The first kappa shape index (κ1) is 22.2. The molecule has 0 saturated heterocycles. The van der Waals surface area contributed by atoms with Crippen molar-refractivity contribution < 1.29 is 9.53 Å². The maximum absolute atomic E-state index is 12.4. The second-order valence-electron chi connectivity index (χ2n) is 7.14. The first-order valence-corrected chi connectivity index (χ1v) is 10.8. The van der Waals surface area contributed by atoms with Gasteiger partial charge in [-0.1, -0.05) is 33.8 Å². The summed E-state index contributed by atoms with van der Waals surface area (Å²) in [6.45, 7) is 11.8. The lowest BCUT2D eigenvalue weighted by Gasteiger charge is -2.31. The van der Waals surface area contributed by atoms with Crippen molar-refractivity contribution in [2.75, 3.05) is 25.0 Å². The van der Waals surface area contributed by atoms with Crippen molar-refractivity contribution in [3.8, 4) is 5.75 Å². The van der Waals surface area contributed by atoms with Crippen LogP contribution in [0.4, 0.5) is 10.5 Å². The van der Waals surface area contributed by atoms with Crippen molar-refractivity contribution in [2.45, 2.75) is 46.8 Å². The third-order valence-corrected chi connectivity index (χ3v) is 5.17. The molecule has 0 bridgehead atoms. The van der Waals surface area contributed by atoms with Crippen LogP contribution in [0.5, 0.6) is 5.75 Å². The van der Waals surface area contributed by atoms with Gasteiger partial charge in [0, 0.05) is 29.7 Å². The first-order chi connectivity index (χ1) is 13.5. The van der Waals surface area contributed by atoms with Gasteiger partial charge in [-0.05, 0) is 37.6 Å². The molecule has 7 heteroatoms. The number of benzene rings is 1. The molecule has 28 heavy (non-hydrogen) atoms. The molecule has 1 atom stereocenters. The number of anilines is 1. The second kappa shape index (κ2) is 11.7. The number of likely N-dealkylation sites (N-methyl/N-ethyl adjacent to an activating group) is 1. The Morgan fingerprint density at radius 2 is 2.07 bits per heavy atom. The standard InChI is InChI=1S/C21H32N4O2S/c1-5-25(6-2)19(10-16(3)4)12-22-21(26)24-17-8-7-9-20(11-17)27-13-18-14-28-15-23-18/h7-9,11,14-16,19H,5-6,10,12-13H2,1-4H3,(H2,22,24,26). The molecule has 154 valence electrons. The van der Waals surface area contributed by atoms with Gasteiger partial charge in [0.05, 0.1) is 11.2 Å². The third-order valence-electron chi connectivity index (χ3n) is 4.53. The highest BCUT2D eigenvalue weighted by molar-refractivity contribution is 7.07. The molecule has 0 aliphatic heterocycles. The van der Waals surface area contributed by atoms with Gasteiger partial charge in [0.2, 0.25) is 0 Å². The maximum Gasteiger partial charge on any atom is 0.319 e. The average Bonchev–Trinajstić information content (AvgIpc) is 3.19. The van der Waals surface area contributed by atoms with E-state index in [0.717, 1.165) is 25.2 Å². The van der Waals surface area contributed by atoms with Gasteiger partial charge < -0.3 is 15.4 Å². The van der Waals surface area contributed by atoms with E-state index in [0.29, 0.717) is 36.5 Å². The lowest BCUT2D eigenvalue weighted by molar-refractivity contribution is 0.186. The number of hydrogen-bond acceptors (Lipinski definition) is 5. The number of hydrogen-bond donors (Lipinski definition) is 2. The first-order valence-electron chi connectivity index (χ1n) is 9.90. The number of rotatable bonds is 11. The van der Waals surface area contributed by atoms with Crippen LogP contribution in [0, 0.1) is 5.92 Å². The summed E-state index contributed by atoms with van der Waals surface area (Å²) in [5, 5.41) is 7.87. The SMILES string of the molecule is CCN(CC)C(CNC(=O)Nc1cccc(OCc2cscn2)c1)CC(C)C. The smallest absolute Gasteiger partial charge is 0.319 e. The summed E-state index contributed by atoms with van der Waals surface area (Å²) in [7, 11) is 0. The number of thiazole rings is 1. The Labute approximate surface area is 172 Å². The molecule has 2 N–H and O–H groups in total. The van der Waals surface area contributed by atoms with E-state index in [2.05, 4.69) is 48.2 Å². The van der Waals surface area contributed by atoms with Crippen LogP contribution in [0.15, 0.2) is 35.2 Å². The number of carbonyl (C=O) groups is 1. The van der Waals surface area contributed by atoms with E-state index in [1.165, 1.54) is 0 Å². The molecular weight excluding hydrogens is 372 g/mol. The maximum atomic E-state index is 12.4. The van der Waals surface area contributed by atoms with E-state index in [4.69, 9.17) is 4.74 Å². The normalized spacial score (nSPS) is 12.2. The fourth-order valence-electron chi connectivity index (χ4n) is 3.16. The number of amides is 2. The molecule has 2 aromatic rings. The molecule has 0 spiro atoms. The molecule has 0 aliphatic rings. The molecule has 1 aromatic heterocycles. The van der Waals surface area contributed by atoms with Crippen LogP contribution in [0.3, 0.4) is 0 Å². The Balaban J connectivity index is 1.86. The highest BCUT2D eigenvalue weighted by Gasteiger charge is 2.18. The molecular formula is C21H32N4O2S. The largest absolute Gasteiger partial charge is 0.487 e. The van der Waals surface area contributed by atoms with Gasteiger partial charge in [-0.3, -0.25) is 4.90 Å². The highest BCUT2D eigenvalue weighted by atomic mass is 32.1. The zero-order valence-corrected chi connectivity index (χ0v) is 18.1. The van der Waals surface area contributed by atoms with Crippen molar-refractivity contribution in [3.63, 3.8) is 0 Å². The monoisotopic (exact) mass is 404 g/mol. The Kier molecular flexibility index (Phi) is 9.23. The molecule has 6 nitrogen and oxygen atoms in total. The van der Waals surface area contributed by atoms with Gasteiger partial charge in [0.15, 0.2) is 0 Å². The quantitative estimate of drug-likeness (QED) is 0.574. The van der Waals surface area contributed by atoms with Gasteiger partial charge in [-0.25, -0.2) is 9.78 Å². The molecule has 0 fully saturated rings. The van der Waals surface area contributed by atoms with Crippen LogP contribution in [-0.4, -0.2) is 41.6 Å². The third kappa shape index (κ3) is 7.48. The van der Waals surface area contributed by atoms with Gasteiger partial charge in [0.25, 0.3) is 0 Å². The summed E-state index contributed by atoms with van der Waals surface area (Å²) < 4.78 is 5.74. The van der Waals surface area contributed by atoms with Crippen LogP contribution in [-0.2, 0) is 6.61 Å². The number of nitrogens with one attached hydrogen (secondary N) is 2. The summed E-state index contributed by atoms with van der Waals surface area (Å²) in [6.07, 6.45) is 1.06. The Hall–Kier alpha value is -2.12. The van der Waals surface area contributed by atoms with Crippen molar-refractivity contribution in [2.24, 2.45) is 5.92 Å². The van der Waals surface area contributed by atoms with Crippen LogP contribution < -0.4 is 15.4 Å². The van der Waals surface area contributed by atoms with Gasteiger partial charge >= 0.3 is 6.03 Å². The van der Waals surface area contributed by atoms with Gasteiger partial charge in [0.1, 0.15) is 12.4 Å². The minimum absolute atomic E-state index is 0.197. The molecule has 0 saturated carbocycles. The summed E-state index contributed by atoms with van der Waals surface area (Å²) >= 11 is 1.54. The Morgan fingerprint density at radius 1 is 1.29 bits per heavy atom.